The van der Waals surface area contributed by atoms with Gasteiger partial charge in [0.1, 0.15) is 35.6 Å². The van der Waals surface area contributed by atoms with Gasteiger partial charge < -0.3 is 60.1 Å². The van der Waals surface area contributed by atoms with E-state index in [9.17, 15) is 25.5 Å². The van der Waals surface area contributed by atoms with E-state index in [1.165, 1.54) is 5.56 Å². The number of phenols is 2. The molecule has 3 heterocycles. The highest BCUT2D eigenvalue weighted by Crippen LogP contribution is 2.57. The summed E-state index contributed by atoms with van der Waals surface area (Å²) >= 11 is 0. The predicted octanol–water partition coefficient (Wildman–Crippen LogP) is 4.31. The molecule has 0 radical (unpaired) electrons. The van der Waals surface area contributed by atoms with Crippen LogP contribution >= 0.6 is 0 Å². The van der Waals surface area contributed by atoms with E-state index in [2.05, 4.69) is 45.2 Å². The van der Waals surface area contributed by atoms with E-state index in [0.717, 1.165) is 56.5 Å². The molecule has 0 saturated carbocycles. The van der Waals surface area contributed by atoms with Crippen LogP contribution in [-0.2, 0) is 30.4 Å². The van der Waals surface area contributed by atoms with Crippen LogP contribution in [0, 0.1) is 0 Å². The Labute approximate surface area is 337 Å². The highest BCUT2D eigenvalue weighted by Gasteiger charge is 2.50. The zero-order valence-electron chi connectivity index (χ0n) is 33.0. The molecule has 308 valence electrons. The van der Waals surface area contributed by atoms with Gasteiger partial charge in [-0.3, -0.25) is 5.32 Å². The van der Waals surface area contributed by atoms with Crippen LogP contribution in [-0.4, -0.2) is 102 Å². The van der Waals surface area contributed by atoms with Crippen molar-refractivity contribution in [3.63, 3.8) is 0 Å². The molecule has 58 heavy (non-hydrogen) atoms. The number of hydrogen-bond donors (Lipinski definition) is 9. The molecule has 0 fully saturated rings. The second-order valence-electron chi connectivity index (χ2n) is 15.8. The van der Waals surface area contributed by atoms with Crippen LogP contribution in [0.1, 0.15) is 58.7 Å². The van der Waals surface area contributed by atoms with E-state index in [1.807, 2.05) is 31.4 Å². The fourth-order valence-electron chi connectivity index (χ4n) is 9.03. The summed E-state index contributed by atoms with van der Waals surface area (Å²) in [5, 5.41) is 62.6. The van der Waals surface area contributed by atoms with E-state index in [4.69, 9.17) is 18.9 Å². The molecule has 0 bridgehead atoms. The average Bonchev–Trinajstić information content (AvgIpc) is 3.70. The minimum atomic E-state index is -1.01. The Morgan fingerprint density at radius 2 is 1.84 bits per heavy atom. The molecule has 9 N–H and O–H groups in total. The van der Waals surface area contributed by atoms with Gasteiger partial charge >= 0.3 is 0 Å². The van der Waals surface area contributed by atoms with Gasteiger partial charge in [-0.15, -0.1) is 0 Å². The molecule has 1 aromatic heterocycles. The predicted molar refractivity (Wildman–Crippen MR) is 220 cm³/mol. The highest BCUT2D eigenvalue weighted by molar-refractivity contribution is 5.85. The van der Waals surface area contributed by atoms with Crippen molar-refractivity contribution in [3.8, 4) is 39.9 Å². The van der Waals surface area contributed by atoms with E-state index in [1.54, 1.807) is 25.1 Å². The second-order valence-corrected chi connectivity index (χ2v) is 15.8. The fraction of sp³-hybridized carbons (Fsp3) is 0.422. The van der Waals surface area contributed by atoms with Gasteiger partial charge in [-0.2, -0.15) is 0 Å². The molecule has 5 atom stereocenters. The fourth-order valence-corrected chi connectivity index (χ4v) is 9.03. The van der Waals surface area contributed by atoms with Gasteiger partial charge in [0.15, 0.2) is 17.6 Å². The van der Waals surface area contributed by atoms with Crippen LogP contribution in [0.5, 0.6) is 28.7 Å². The van der Waals surface area contributed by atoms with Gasteiger partial charge in [0.25, 0.3) is 0 Å². The first-order valence-corrected chi connectivity index (χ1v) is 20.2. The third-order valence-electron chi connectivity index (χ3n) is 11.7. The van der Waals surface area contributed by atoms with Crippen LogP contribution in [0.3, 0.4) is 0 Å². The quantitative estimate of drug-likeness (QED) is 0.0510. The molecule has 13 heteroatoms. The zero-order chi connectivity index (χ0) is 40.4. The maximum Gasteiger partial charge on any atom is 0.161 e. The van der Waals surface area contributed by atoms with Crippen molar-refractivity contribution in [2.45, 2.75) is 68.9 Å². The summed E-state index contributed by atoms with van der Waals surface area (Å²) in [7, 11) is 1.83. The van der Waals surface area contributed by atoms with E-state index in [-0.39, 0.29) is 55.8 Å². The first-order chi connectivity index (χ1) is 28.2. The molecular weight excluding hydrogens is 741 g/mol. The van der Waals surface area contributed by atoms with Crippen molar-refractivity contribution in [2.24, 2.45) is 0 Å². The number of aromatic hydroxyl groups is 2. The Kier molecular flexibility index (Phi) is 11.8. The van der Waals surface area contributed by atoms with Gasteiger partial charge in [0, 0.05) is 54.6 Å². The van der Waals surface area contributed by atoms with Crippen molar-refractivity contribution in [3.05, 3.63) is 100 Å². The molecule has 1 aliphatic carbocycles. The monoisotopic (exact) mass is 794 g/mol. The first-order valence-electron chi connectivity index (χ1n) is 20.2. The summed E-state index contributed by atoms with van der Waals surface area (Å²) in [4.78, 5) is 3.29. The molecule has 8 rings (SSSR count). The van der Waals surface area contributed by atoms with E-state index in [0.29, 0.717) is 56.8 Å². The number of benzene rings is 4. The van der Waals surface area contributed by atoms with Crippen LogP contribution in [0.15, 0.2) is 66.9 Å². The molecule has 4 aromatic carbocycles. The van der Waals surface area contributed by atoms with Gasteiger partial charge in [0.2, 0.25) is 0 Å². The molecular formula is C45H54N4O9. The number of nitrogens with one attached hydrogen (secondary N) is 4. The Morgan fingerprint density at radius 3 is 2.66 bits per heavy atom. The second kappa shape index (κ2) is 17.2. The number of phenolic OH excluding ortho intramolecular Hbond substituents is 2. The van der Waals surface area contributed by atoms with Crippen LogP contribution in [0.4, 0.5) is 0 Å². The lowest BCUT2D eigenvalue weighted by Gasteiger charge is -2.47. The highest BCUT2D eigenvalue weighted by atomic mass is 16.6. The Bertz CT molecular complexity index is 2240. The molecule has 5 aromatic rings. The molecule has 0 amide bonds. The third kappa shape index (κ3) is 7.83. The minimum absolute atomic E-state index is 0.00171. The molecule has 0 unspecified atom stereocenters. The van der Waals surface area contributed by atoms with E-state index < -0.39 is 17.8 Å². The van der Waals surface area contributed by atoms with Crippen LogP contribution < -0.4 is 30.2 Å². The lowest BCUT2D eigenvalue weighted by molar-refractivity contribution is -0.129. The number of aromatic nitrogens is 1. The standard InChI is InChI=1S/C45H54N4O9/c1-26(52)21-47-24-48-23-45(56-25-46-2)20-37-36-17-30(16-27-3-9-38-28(15-27)11-12-49-38)35-19-31(53)5-7-33(35)41(36)43-34(8-6-32(22-51)57-43)42(37)58-44(45)29-4-10-39(54)40(18-29)55-14-13-50/h3-5,7,9-12,15,18-19,26,30,32,44,46-54H,6,8,13-14,16-17,20-25H2,1-2H3/t26-,30-,32+,44+,45-/m0/s1. The largest absolute Gasteiger partial charge is 0.508 e. The molecule has 2 aliphatic heterocycles. The van der Waals surface area contributed by atoms with Crippen LogP contribution in [0.25, 0.3) is 22.0 Å². The van der Waals surface area contributed by atoms with Crippen molar-refractivity contribution in [1.82, 2.24) is 20.9 Å². The number of aromatic amines is 1. The normalized spacial score (nSPS) is 21.3. The van der Waals surface area contributed by atoms with Crippen molar-refractivity contribution < 1.29 is 44.5 Å². The SMILES string of the molecule is CNCO[C@]1(CNCNC[C@H](C)O)Cc2c3c(c4c(c2O[C@@H]1c1ccc(O)c(OCCO)c1)CC[C@H](CO)O4)-c1ccc(O)cc1[C@@H](Cc1ccc2[nH]ccc2c1)C3. The summed E-state index contributed by atoms with van der Waals surface area (Å²) < 4.78 is 26.7. The number of hydrogen-bond acceptors (Lipinski definition) is 12. The smallest absolute Gasteiger partial charge is 0.161 e. The van der Waals surface area contributed by atoms with Crippen molar-refractivity contribution >= 4 is 10.9 Å². The Balaban J connectivity index is 1.30. The summed E-state index contributed by atoms with van der Waals surface area (Å²) in [5.41, 5.74) is 7.96. The zero-order valence-corrected chi connectivity index (χ0v) is 33.0. The number of H-pyrrole nitrogens is 1. The van der Waals surface area contributed by atoms with Gasteiger partial charge in [-0.25, -0.2) is 0 Å². The Hall–Kier alpha value is -4.86. The Morgan fingerprint density at radius 1 is 0.966 bits per heavy atom. The minimum Gasteiger partial charge on any atom is -0.508 e. The summed E-state index contributed by atoms with van der Waals surface area (Å²) in [6.07, 6.45) is 3.36. The maximum atomic E-state index is 10.9. The van der Waals surface area contributed by atoms with Crippen molar-refractivity contribution in [1.29, 1.82) is 0 Å². The molecule has 0 spiro atoms. The molecule has 0 saturated heterocycles. The number of ether oxygens (including phenoxy) is 4. The van der Waals surface area contributed by atoms with Crippen molar-refractivity contribution in [2.75, 3.05) is 53.4 Å². The first kappa shape index (κ1) is 39.9. The summed E-state index contributed by atoms with van der Waals surface area (Å²) in [6.45, 7) is 2.77. The maximum absolute atomic E-state index is 10.9. The number of fused-ring (bicyclic) bond motifs is 9. The van der Waals surface area contributed by atoms with E-state index >= 15 is 0 Å². The lowest BCUT2D eigenvalue weighted by Crippen LogP contribution is -2.56. The topological polar surface area (TPSA) is 190 Å². The summed E-state index contributed by atoms with van der Waals surface area (Å²) in [5.74, 6) is 1.78. The summed E-state index contributed by atoms with van der Waals surface area (Å²) in [6, 6.07) is 19.3. The molecule has 13 nitrogen and oxygen atoms in total. The number of rotatable bonds is 16. The van der Waals surface area contributed by atoms with Gasteiger partial charge in [-0.05, 0) is 121 Å². The average molecular weight is 795 g/mol. The number of aliphatic hydroxyl groups excluding tert-OH is 3. The van der Waals surface area contributed by atoms with Gasteiger partial charge in [-0.1, -0.05) is 18.2 Å². The number of aliphatic hydroxyl groups is 3. The molecule has 3 aliphatic rings. The lowest BCUT2D eigenvalue weighted by atomic mass is 9.70. The van der Waals surface area contributed by atoms with Crippen LogP contribution in [0.2, 0.25) is 0 Å². The third-order valence-corrected chi connectivity index (χ3v) is 11.7. The van der Waals surface area contributed by atoms with Gasteiger partial charge in [0.05, 0.1) is 26.0 Å².